The second kappa shape index (κ2) is 12.5. The first kappa shape index (κ1) is 30.8. The molecule has 1 amide bonds. The monoisotopic (exact) mass is 605 g/mol. The molecule has 228 valence electrons. The molecule has 1 fully saturated rings. The van der Waals surface area contributed by atoms with Crippen molar-refractivity contribution in [1.29, 1.82) is 0 Å². The summed E-state index contributed by atoms with van der Waals surface area (Å²) < 4.78 is 7.99. The predicted molar refractivity (Wildman–Crippen MR) is 167 cm³/mol. The molecule has 1 aromatic heterocycles. The van der Waals surface area contributed by atoms with Gasteiger partial charge in [0, 0.05) is 35.7 Å². The Labute approximate surface area is 253 Å². The van der Waals surface area contributed by atoms with Gasteiger partial charge < -0.3 is 20.1 Å². The lowest BCUT2D eigenvalue weighted by Gasteiger charge is -2.37. The highest BCUT2D eigenvalue weighted by molar-refractivity contribution is 7.54. The van der Waals surface area contributed by atoms with E-state index in [-0.39, 0.29) is 47.0 Å². The van der Waals surface area contributed by atoms with Crippen LogP contribution in [0.4, 0.5) is 5.69 Å². The minimum atomic E-state index is -1.01. The Kier molecular flexibility index (Phi) is 8.99. The average molecular weight is 606 g/mol. The second-order valence-corrected chi connectivity index (χ2v) is 14.3. The lowest BCUT2D eigenvalue weighted by Crippen LogP contribution is -2.42. The van der Waals surface area contributed by atoms with E-state index in [2.05, 4.69) is 39.2 Å². The summed E-state index contributed by atoms with van der Waals surface area (Å²) in [6.07, 6.45) is 4.56. The van der Waals surface area contributed by atoms with Crippen LogP contribution in [-0.4, -0.2) is 49.7 Å². The van der Waals surface area contributed by atoms with Gasteiger partial charge in [-0.1, -0.05) is 48.5 Å². The highest BCUT2D eigenvalue weighted by atomic mass is 31.1. The number of nitroso groups, excluding NO2 is 1. The minimum Gasteiger partial charge on any atom is -0.512 e. The molecule has 0 bridgehead atoms. The van der Waals surface area contributed by atoms with Crippen molar-refractivity contribution in [2.75, 3.05) is 12.7 Å². The van der Waals surface area contributed by atoms with Crippen LogP contribution in [0.3, 0.4) is 0 Å². The molecule has 2 aliphatic rings. The van der Waals surface area contributed by atoms with Gasteiger partial charge in [0.1, 0.15) is 22.7 Å². The first-order valence-electron chi connectivity index (χ1n) is 14.8. The number of aliphatic hydroxyl groups excluding tert-OH is 1. The maximum atomic E-state index is 13.4. The number of aliphatic hydroxyl groups is 1. The molecule has 0 radical (unpaired) electrons. The van der Waals surface area contributed by atoms with Crippen LogP contribution in [0.1, 0.15) is 76.8 Å². The maximum Gasteiger partial charge on any atom is 0.252 e. The fraction of sp³-hybridized carbons (Fsp3) is 0.469. The predicted octanol–water partition coefficient (Wildman–Crippen LogP) is 7.23. The summed E-state index contributed by atoms with van der Waals surface area (Å²) in [5.74, 6) is 0.343. The van der Waals surface area contributed by atoms with Crippen molar-refractivity contribution < 1.29 is 19.5 Å². The first-order valence-corrected chi connectivity index (χ1v) is 16.5. The van der Waals surface area contributed by atoms with Gasteiger partial charge in [0.25, 0.3) is 11.8 Å². The number of aromatic hydroxyl groups is 1. The molecule has 5 rings (SSSR count). The van der Waals surface area contributed by atoms with Gasteiger partial charge in [0.15, 0.2) is 0 Å². The molecule has 1 aliphatic heterocycles. The van der Waals surface area contributed by atoms with Crippen molar-refractivity contribution in [3.05, 3.63) is 75.7 Å². The standard InChI is InChI=1S/C32H40N5O5P/c1-6-37-20(3)24(27-23(14-15-25(35-41)28(27)39)18-43(37)17-21-12-13-21)16-26(38)19(2)30(40)34-32(4,5)31-33-29(36-42-31)22-10-8-7-9-11-22/h7-11,14-15,20-21,24,38-39H,6,12-13,16-18H2,1-5H3,(H,34,40)/b26-19-. The number of carbonyl (C=O) groups excluding carboxylic acids is 1. The summed E-state index contributed by atoms with van der Waals surface area (Å²) in [6, 6.07) is 12.8. The van der Waals surface area contributed by atoms with E-state index < -0.39 is 19.5 Å². The molecule has 3 unspecified atom stereocenters. The van der Waals surface area contributed by atoms with Crippen molar-refractivity contribution >= 4 is 19.7 Å². The smallest absolute Gasteiger partial charge is 0.252 e. The molecule has 0 spiro atoms. The molecule has 1 aliphatic carbocycles. The van der Waals surface area contributed by atoms with Gasteiger partial charge in [0.05, 0.1) is 5.57 Å². The molecule has 2 heterocycles. The number of aromatic nitrogens is 2. The number of fused-ring (bicyclic) bond motifs is 1. The maximum absolute atomic E-state index is 13.4. The highest BCUT2D eigenvalue weighted by Crippen LogP contribution is 2.57. The van der Waals surface area contributed by atoms with Crippen molar-refractivity contribution in [1.82, 2.24) is 20.1 Å². The third-order valence-electron chi connectivity index (χ3n) is 8.62. The van der Waals surface area contributed by atoms with E-state index in [0.29, 0.717) is 11.4 Å². The number of likely N-dealkylation sites (N-methyl/N-ethyl adjacent to an activating group) is 1. The SMILES string of the molecule is CCN1C(C)C(C/C(O)=C(\C)C(=O)NC(C)(C)c2nc(-c3ccccc3)no2)c2c(ccc(N=O)c2O)CP1CC1CC1. The summed E-state index contributed by atoms with van der Waals surface area (Å²) in [4.78, 5) is 29.4. The van der Waals surface area contributed by atoms with Crippen LogP contribution in [0, 0.1) is 10.8 Å². The number of allylic oxidation sites excluding steroid dienone is 1. The first-order chi connectivity index (χ1) is 20.5. The molecule has 2 aromatic carbocycles. The van der Waals surface area contributed by atoms with Crippen LogP contribution < -0.4 is 5.32 Å². The van der Waals surface area contributed by atoms with Gasteiger partial charge in [-0.2, -0.15) is 4.98 Å². The number of phenols is 1. The van der Waals surface area contributed by atoms with Gasteiger partial charge >= 0.3 is 0 Å². The summed E-state index contributed by atoms with van der Waals surface area (Å²) >= 11 is 0. The van der Waals surface area contributed by atoms with E-state index in [9.17, 15) is 19.9 Å². The number of nitrogens with one attached hydrogen (secondary N) is 1. The minimum absolute atomic E-state index is 0.0125. The lowest BCUT2D eigenvalue weighted by atomic mass is 9.84. The Hall–Kier alpha value is -3.62. The summed E-state index contributed by atoms with van der Waals surface area (Å²) in [5, 5.41) is 32.6. The normalized spacial score (nSPS) is 21.5. The van der Waals surface area contributed by atoms with E-state index >= 15 is 0 Å². The van der Waals surface area contributed by atoms with Crippen LogP contribution >= 0.6 is 8.07 Å². The molecular formula is C32H40N5O5P. The third kappa shape index (κ3) is 6.50. The molecule has 43 heavy (non-hydrogen) atoms. The van der Waals surface area contributed by atoms with E-state index in [1.165, 1.54) is 12.8 Å². The van der Waals surface area contributed by atoms with Gasteiger partial charge in [-0.3, -0.25) is 9.46 Å². The largest absolute Gasteiger partial charge is 0.512 e. The number of hydrogen-bond acceptors (Lipinski definition) is 9. The Balaban J connectivity index is 1.41. The zero-order valence-electron chi connectivity index (χ0n) is 25.4. The van der Waals surface area contributed by atoms with Crippen molar-refractivity contribution in [2.45, 2.75) is 77.5 Å². The highest BCUT2D eigenvalue weighted by Gasteiger charge is 2.40. The van der Waals surface area contributed by atoms with Gasteiger partial charge in [-0.25, -0.2) is 0 Å². The number of amides is 1. The molecule has 3 N–H and O–H groups in total. The van der Waals surface area contributed by atoms with Crippen LogP contribution in [0.5, 0.6) is 5.75 Å². The van der Waals surface area contributed by atoms with Crippen molar-refractivity contribution in [3.8, 4) is 17.1 Å². The topological polar surface area (TPSA) is 141 Å². The van der Waals surface area contributed by atoms with Gasteiger partial charge in [-0.15, -0.1) is 4.91 Å². The van der Waals surface area contributed by atoms with E-state index in [4.69, 9.17) is 4.52 Å². The molecule has 1 saturated carbocycles. The Morgan fingerprint density at radius 1 is 1.21 bits per heavy atom. The average Bonchev–Trinajstić information content (AvgIpc) is 3.68. The zero-order valence-corrected chi connectivity index (χ0v) is 26.3. The Bertz CT molecular complexity index is 1520. The zero-order chi connectivity index (χ0) is 30.9. The quantitative estimate of drug-likeness (QED) is 0.0951. The fourth-order valence-electron chi connectivity index (χ4n) is 5.89. The van der Waals surface area contributed by atoms with Crippen LogP contribution in [0.15, 0.2) is 63.5 Å². The molecule has 0 saturated heterocycles. The lowest BCUT2D eigenvalue weighted by molar-refractivity contribution is -0.119. The summed E-state index contributed by atoms with van der Waals surface area (Å²) in [6.45, 7) is 10.2. The second-order valence-electron chi connectivity index (χ2n) is 12.1. The third-order valence-corrected chi connectivity index (χ3v) is 11.6. The fourth-order valence-corrected chi connectivity index (χ4v) is 9.12. The van der Waals surface area contributed by atoms with Gasteiger partial charge in [0.2, 0.25) is 5.82 Å². The van der Waals surface area contributed by atoms with Crippen LogP contribution in [-0.2, 0) is 16.5 Å². The van der Waals surface area contributed by atoms with E-state index in [1.54, 1.807) is 26.8 Å². The van der Waals surface area contributed by atoms with Gasteiger partial charge in [-0.05, 0) is 84.0 Å². The van der Waals surface area contributed by atoms with E-state index in [0.717, 1.165) is 35.9 Å². The number of nitrogens with zero attached hydrogens (tertiary/aromatic N) is 4. The molecule has 3 aromatic rings. The molecular weight excluding hydrogens is 565 g/mol. The van der Waals surface area contributed by atoms with E-state index in [1.807, 2.05) is 36.4 Å². The summed E-state index contributed by atoms with van der Waals surface area (Å²) in [7, 11) is -0.517. The Morgan fingerprint density at radius 2 is 1.93 bits per heavy atom. The van der Waals surface area contributed by atoms with Crippen LogP contribution in [0.2, 0.25) is 0 Å². The number of carbonyl (C=O) groups is 1. The number of hydrogen-bond donors (Lipinski definition) is 3. The Morgan fingerprint density at radius 3 is 2.58 bits per heavy atom. The number of benzene rings is 2. The van der Waals surface area contributed by atoms with Crippen molar-refractivity contribution in [3.63, 3.8) is 0 Å². The molecule has 10 nitrogen and oxygen atoms in total. The molecule has 3 atom stereocenters. The number of phenolic OH excluding ortho intramolecular Hbond substituents is 1. The van der Waals surface area contributed by atoms with Crippen LogP contribution in [0.25, 0.3) is 11.4 Å². The number of rotatable bonds is 10. The summed E-state index contributed by atoms with van der Waals surface area (Å²) in [5.41, 5.74) is 1.54. The van der Waals surface area contributed by atoms with Crippen molar-refractivity contribution in [2.24, 2.45) is 11.1 Å². The molecule has 11 heteroatoms.